The fourth-order valence-electron chi connectivity index (χ4n) is 3.08. The second kappa shape index (κ2) is 7.75. The average molecular weight is 340 g/mol. The Hall–Kier alpha value is -3.26. The number of benzene rings is 3. The van der Waals surface area contributed by atoms with Crippen LogP contribution in [0.3, 0.4) is 0 Å². The Morgan fingerprint density at radius 2 is 1.31 bits per heavy atom. The van der Waals surface area contributed by atoms with E-state index in [-0.39, 0.29) is 11.6 Å². The molecule has 0 heterocycles. The van der Waals surface area contributed by atoms with Crippen LogP contribution >= 0.6 is 0 Å². The summed E-state index contributed by atoms with van der Waals surface area (Å²) in [6, 6.07) is 22.7. The van der Waals surface area contributed by atoms with Crippen molar-refractivity contribution in [3.05, 3.63) is 119 Å². The summed E-state index contributed by atoms with van der Waals surface area (Å²) < 4.78 is 0. The van der Waals surface area contributed by atoms with E-state index in [9.17, 15) is 9.59 Å². The maximum Gasteiger partial charge on any atom is 0.194 e. The second-order valence-electron chi connectivity index (χ2n) is 6.19. The van der Waals surface area contributed by atoms with E-state index in [2.05, 4.69) is 25.6 Å². The minimum absolute atomic E-state index is 0.0670. The van der Waals surface area contributed by atoms with Crippen molar-refractivity contribution < 1.29 is 9.59 Å². The zero-order valence-electron chi connectivity index (χ0n) is 14.7. The summed E-state index contributed by atoms with van der Waals surface area (Å²) in [6.07, 6.45) is 2.33. The topological polar surface area (TPSA) is 34.1 Å². The fraction of sp³-hybridized carbons (Fsp3) is 0.0833. The van der Waals surface area contributed by atoms with Crippen molar-refractivity contribution in [2.75, 3.05) is 0 Å². The first-order chi connectivity index (χ1) is 12.6. The van der Waals surface area contributed by atoms with Gasteiger partial charge in [0.05, 0.1) is 0 Å². The number of carbonyl (C=O) groups is 2. The van der Waals surface area contributed by atoms with Gasteiger partial charge in [-0.05, 0) is 18.9 Å². The normalized spacial score (nSPS) is 11.7. The third-order valence-corrected chi connectivity index (χ3v) is 4.34. The second-order valence-corrected chi connectivity index (χ2v) is 6.19. The third kappa shape index (κ3) is 3.40. The van der Waals surface area contributed by atoms with Crippen LogP contribution in [0.5, 0.6) is 0 Å². The molecule has 3 aromatic carbocycles. The van der Waals surface area contributed by atoms with Gasteiger partial charge in [-0.25, -0.2) is 0 Å². The van der Waals surface area contributed by atoms with E-state index >= 15 is 0 Å². The number of aryl methyl sites for hydroxylation is 1. The summed E-state index contributed by atoms with van der Waals surface area (Å²) in [5.74, 6) is -0.140. The van der Waals surface area contributed by atoms with Crippen molar-refractivity contribution in [2.45, 2.75) is 13.3 Å². The van der Waals surface area contributed by atoms with Gasteiger partial charge in [0.15, 0.2) is 11.6 Å². The van der Waals surface area contributed by atoms with Crippen LogP contribution < -0.4 is 0 Å². The first kappa shape index (κ1) is 17.6. The van der Waals surface area contributed by atoms with Crippen LogP contribution in [-0.2, 0) is 6.42 Å². The van der Waals surface area contributed by atoms with Gasteiger partial charge in [0, 0.05) is 22.3 Å². The van der Waals surface area contributed by atoms with Crippen LogP contribution in [0.2, 0.25) is 0 Å². The highest BCUT2D eigenvalue weighted by atomic mass is 16.1. The molecular formula is C24H20O2. The van der Waals surface area contributed by atoms with Crippen molar-refractivity contribution in [3.63, 3.8) is 0 Å². The van der Waals surface area contributed by atoms with E-state index in [1.807, 2.05) is 30.3 Å². The van der Waals surface area contributed by atoms with Crippen molar-refractivity contribution in [1.29, 1.82) is 0 Å². The van der Waals surface area contributed by atoms with Gasteiger partial charge in [0.2, 0.25) is 0 Å². The molecule has 0 atom stereocenters. The molecule has 1 aliphatic carbocycles. The van der Waals surface area contributed by atoms with Gasteiger partial charge in [-0.1, -0.05) is 84.4 Å². The van der Waals surface area contributed by atoms with Crippen LogP contribution in [0.1, 0.15) is 43.0 Å². The monoisotopic (exact) mass is 340 g/mol. The minimum atomic E-state index is -0.0730. The van der Waals surface area contributed by atoms with Crippen LogP contribution in [0.15, 0.2) is 85.5 Å². The highest BCUT2D eigenvalue weighted by molar-refractivity contribution is 6.28. The minimum Gasteiger partial charge on any atom is -0.289 e. The van der Waals surface area contributed by atoms with E-state index in [0.717, 1.165) is 5.56 Å². The number of hydrogen-bond acceptors (Lipinski definition) is 2. The molecule has 128 valence electrons. The molecule has 0 unspecified atom stereocenters. The lowest BCUT2D eigenvalue weighted by molar-refractivity contribution is 0.0978. The Morgan fingerprint density at radius 1 is 0.731 bits per heavy atom. The van der Waals surface area contributed by atoms with Crippen molar-refractivity contribution >= 4 is 11.6 Å². The standard InChI is InChI=1S/C17H12O2.C7H8/c1-2-6-11-7-5-10-14-15(11)17(19)13-9-4-3-8-12(13)16(14)18;1-7-5-3-2-4-6-7/h2-5,7-10H,1,6H2;2-6H,1H3. The van der Waals surface area contributed by atoms with Gasteiger partial charge in [-0.3, -0.25) is 9.59 Å². The number of hydrogen-bond donors (Lipinski definition) is 0. The molecule has 26 heavy (non-hydrogen) atoms. The molecule has 0 bridgehead atoms. The Kier molecular flexibility index (Phi) is 5.23. The van der Waals surface area contributed by atoms with Gasteiger partial charge >= 0.3 is 0 Å². The van der Waals surface area contributed by atoms with E-state index in [4.69, 9.17) is 0 Å². The maximum absolute atomic E-state index is 12.6. The number of allylic oxidation sites excluding steroid dienone is 1. The number of fused-ring (bicyclic) bond motifs is 2. The predicted octanol–water partition coefficient (Wildman–Crippen LogP) is 5.19. The predicted molar refractivity (Wildman–Crippen MR) is 105 cm³/mol. The molecule has 0 N–H and O–H groups in total. The van der Waals surface area contributed by atoms with Gasteiger partial charge in [-0.2, -0.15) is 0 Å². The smallest absolute Gasteiger partial charge is 0.194 e. The molecule has 2 nitrogen and oxygen atoms in total. The van der Waals surface area contributed by atoms with Crippen molar-refractivity contribution in [3.8, 4) is 0 Å². The molecule has 0 aliphatic heterocycles. The molecule has 0 aromatic heterocycles. The Bertz CT molecular complexity index is 969. The van der Waals surface area contributed by atoms with Gasteiger partial charge in [0.1, 0.15) is 0 Å². The van der Waals surface area contributed by atoms with E-state index < -0.39 is 0 Å². The zero-order chi connectivity index (χ0) is 18.5. The number of ketones is 2. The molecular weight excluding hydrogens is 320 g/mol. The molecule has 1 aliphatic rings. The van der Waals surface area contributed by atoms with Crippen molar-refractivity contribution in [2.24, 2.45) is 0 Å². The molecule has 0 radical (unpaired) electrons. The molecule has 2 heteroatoms. The molecule has 0 amide bonds. The average Bonchev–Trinajstić information content (AvgIpc) is 2.67. The molecule has 4 rings (SSSR count). The lowest BCUT2D eigenvalue weighted by Gasteiger charge is -2.19. The van der Waals surface area contributed by atoms with E-state index in [1.165, 1.54) is 5.56 Å². The fourth-order valence-corrected chi connectivity index (χ4v) is 3.08. The highest BCUT2D eigenvalue weighted by Crippen LogP contribution is 2.29. The first-order valence-corrected chi connectivity index (χ1v) is 8.56. The quantitative estimate of drug-likeness (QED) is 0.471. The van der Waals surface area contributed by atoms with Crippen LogP contribution in [0.4, 0.5) is 0 Å². The summed E-state index contributed by atoms with van der Waals surface area (Å²) >= 11 is 0. The molecule has 0 saturated carbocycles. The maximum atomic E-state index is 12.6. The molecule has 0 spiro atoms. The Balaban J connectivity index is 0.000000236. The zero-order valence-corrected chi connectivity index (χ0v) is 14.7. The largest absolute Gasteiger partial charge is 0.289 e. The number of carbonyl (C=O) groups excluding carboxylic acids is 2. The van der Waals surface area contributed by atoms with Crippen LogP contribution in [0, 0.1) is 6.92 Å². The molecule has 3 aromatic rings. The van der Waals surface area contributed by atoms with Crippen LogP contribution in [-0.4, -0.2) is 11.6 Å². The summed E-state index contributed by atoms with van der Waals surface area (Å²) in [5, 5.41) is 0. The number of rotatable bonds is 2. The summed E-state index contributed by atoms with van der Waals surface area (Å²) in [5.41, 5.74) is 4.21. The van der Waals surface area contributed by atoms with Crippen LogP contribution in [0.25, 0.3) is 0 Å². The summed E-state index contributed by atoms with van der Waals surface area (Å²) in [6.45, 7) is 5.78. The van der Waals surface area contributed by atoms with E-state index in [1.54, 1.807) is 36.4 Å². The SMILES string of the molecule is C=CCc1cccc2c1C(=O)c1ccccc1C2=O.Cc1ccccc1. The Morgan fingerprint density at radius 3 is 1.88 bits per heavy atom. The summed E-state index contributed by atoms with van der Waals surface area (Å²) in [4.78, 5) is 25.0. The third-order valence-electron chi connectivity index (χ3n) is 4.34. The lowest BCUT2D eigenvalue weighted by atomic mass is 9.81. The molecule has 0 fully saturated rings. The van der Waals surface area contributed by atoms with Gasteiger partial charge in [-0.15, -0.1) is 6.58 Å². The molecule has 0 saturated heterocycles. The van der Waals surface area contributed by atoms with Gasteiger partial charge in [0.25, 0.3) is 0 Å². The summed E-state index contributed by atoms with van der Waals surface area (Å²) in [7, 11) is 0. The lowest BCUT2D eigenvalue weighted by Crippen LogP contribution is -2.22. The van der Waals surface area contributed by atoms with Crippen molar-refractivity contribution in [1.82, 2.24) is 0 Å². The first-order valence-electron chi connectivity index (χ1n) is 8.56. The highest BCUT2D eigenvalue weighted by Gasteiger charge is 2.30. The van der Waals surface area contributed by atoms with Gasteiger partial charge < -0.3 is 0 Å². The van der Waals surface area contributed by atoms with E-state index in [0.29, 0.717) is 28.7 Å². The Labute approximate surface area is 153 Å².